The number of nitrogens with one attached hydrogen (secondary N) is 1. The van der Waals surface area contributed by atoms with Crippen molar-refractivity contribution >= 4 is 29.1 Å². The predicted molar refractivity (Wildman–Crippen MR) is 89.4 cm³/mol. The number of aryl methyl sites for hydroxylation is 1. The number of fused-ring (bicyclic) bond motifs is 1. The lowest BCUT2D eigenvalue weighted by Crippen LogP contribution is -2.33. The quantitative estimate of drug-likeness (QED) is 0.853. The first-order valence-electron chi connectivity index (χ1n) is 7.67. The second-order valence-electron chi connectivity index (χ2n) is 6.06. The van der Waals surface area contributed by atoms with Crippen LogP contribution in [0.2, 0.25) is 5.02 Å². The van der Waals surface area contributed by atoms with Crippen molar-refractivity contribution in [1.29, 1.82) is 0 Å². The van der Waals surface area contributed by atoms with Crippen molar-refractivity contribution in [1.82, 2.24) is 5.32 Å². The highest BCUT2D eigenvalue weighted by Crippen LogP contribution is 2.44. The van der Waals surface area contributed by atoms with Crippen molar-refractivity contribution in [2.24, 2.45) is 5.92 Å². The summed E-state index contributed by atoms with van der Waals surface area (Å²) in [6, 6.07) is 14.7. The lowest BCUT2D eigenvalue weighted by Gasteiger charge is -2.27. The second-order valence-corrected chi connectivity index (χ2v) is 6.50. The average molecular weight is 343 g/mol. The number of halogens is 1. The van der Waals surface area contributed by atoms with Gasteiger partial charge in [0.2, 0.25) is 5.91 Å². The van der Waals surface area contributed by atoms with Gasteiger partial charge in [-0.1, -0.05) is 41.4 Å². The molecule has 2 aromatic rings. The normalized spacial score (nSPS) is 25.8. The molecule has 0 aliphatic carbocycles. The molecule has 2 aromatic carbocycles. The maximum Gasteiger partial charge on any atom is 0.259 e. The maximum atomic E-state index is 12.3. The maximum absolute atomic E-state index is 12.3. The van der Waals surface area contributed by atoms with Crippen LogP contribution in [0.3, 0.4) is 0 Å². The van der Waals surface area contributed by atoms with Crippen molar-refractivity contribution in [3.8, 4) is 0 Å². The van der Waals surface area contributed by atoms with E-state index in [0.29, 0.717) is 5.02 Å². The molecule has 0 bridgehead atoms. The molecule has 2 aliphatic rings. The van der Waals surface area contributed by atoms with E-state index >= 15 is 0 Å². The summed E-state index contributed by atoms with van der Waals surface area (Å²) in [5.74, 6) is -1.26. The Kier molecular flexibility index (Phi) is 3.55. The third-order valence-corrected chi connectivity index (χ3v) is 4.71. The van der Waals surface area contributed by atoms with Crippen LogP contribution in [0.15, 0.2) is 48.5 Å². The molecule has 1 N–H and O–H groups in total. The summed E-state index contributed by atoms with van der Waals surface area (Å²) in [5, 5.41) is 4.62. The van der Waals surface area contributed by atoms with Crippen LogP contribution in [0, 0.1) is 12.8 Å². The van der Waals surface area contributed by atoms with E-state index in [0.717, 1.165) is 16.8 Å². The molecule has 0 radical (unpaired) electrons. The molecule has 2 heterocycles. The number of carbonyl (C=O) groups excluding carboxylic acids is 2. The van der Waals surface area contributed by atoms with Crippen LogP contribution >= 0.6 is 11.6 Å². The highest BCUT2D eigenvalue weighted by atomic mass is 35.5. The highest BCUT2D eigenvalue weighted by molar-refractivity contribution is 6.30. The Bertz CT molecular complexity index is 804. The van der Waals surface area contributed by atoms with E-state index in [1.165, 1.54) is 0 Å². The summed E-state index contributed by atoms with van der Waals surface area (Å²) in [4.78, 5) is 30.2. The van der Waals surface area contributed by atoms with Gasteiger partial charge in [0.05, 0.1) is 11.7 Å². The molecular formula is C18H15ClN2O3. The van der Waals surface area contributed by atoms with Crippen molar-refractivity contribution in [3.63, 3.8) is 0 Å². The van der Waals surface area contributed by atoms with Gasteiger partial charge in [-0.15, -0.1) is 0 Å². The zero-order valence-corrected chi connectivity index (χ0v) is 13.7. The Morgan fingerprint density at radius 1 is 1.00 bits per heavy atom. The molecule has 0 saturated carbocycles. The SMILES string of the molecule is Cc1ccc([C@H]2[C@@H]3C(=O)NC(=O)[C@@H]3ON2c2ccc(Cl)cc2)cc1. The average Bonchev–Trinajstić information content (AvgIpc) is 3.08. The van der Waals surface area contributed by atoms with Crippen LogP contribution in [-0.4, -0.2) is 17.9 Å². The summed E-state index contributed by atoms with van der Waals surface area (Å²) in [6.07, 6.45) is -0.806. The Morgan fingerprint density at radius 2 is 1.67 bits per heavy atom. The van der Waals surface area contributed by atoms with E-state index in [-0.39, 0.29) is 11.9 Å². The molecule has 0 unspecified atom stereocenters. The number of hydroxylamine groups is 1. The van der Waals surface area contributed by atoms with Gasteiger partial charge >= 0.3 is 0 Å². The molecule has 2 fully saturated rings. The molecule has 3 atom stereocenters. The first-order valence-corrected chi connectivity index (χ1v) is 8.05. The van der Waals surface area contributed by atoms with Crippen molar-refractivity contribution in [3.05, 3.63) is 64.7 Å². The molecule has 6 heteroatoms. The lowest BCUT2D eigenvalue weighted by molar-refractivity contribution is -0.129. The number of amides is 2. The van der Waals surface area contributed by atoms with Gasteiger partial charge in [-0.2, -0.15) is 0 Å². The number of benzene rings is 2. The molecule has 5 nitrogen and oxygen atoms in total. The fourth-order valence-electron chi connectivity index (χ4n) is 3.25. The van der Waals surface area contributed by atoms with E-state index in [4.69, 9.17) is 16.4 Å². The number of hydrogen-bond donors (Lipinski definition) is 1. The molecule has 24 heavy (non-hydrogen) atoms. The predicted octanol–water partition coefficient (Wildman–Crippen LogP) is 2.78. The van der Waals surface area contributed by atoms with E-state index in [1.54, 1.807) is 17.2 Å². The number of carbonyl (C=O) groups is 2. The number of anilines is 1. The first kappa shape index (κ1) is 15.2. The molecule has 2 amide bonds. The number of imide groups is 1. The number of hydrogen-bond acceptors (Lipinski definition) is 4. The third-order valence-electron chi connectivity index (χ3n) is 4.45. The van der Waals surface area contributed by atoms with Gasteiger partial charge in [-0.05, 0) is 36.8 Å². The van der Waals surface area contributed by atoms with Gasteiger partial charge in [0.15, 0.2) is 6.10 Å². The Morgan fingerprint density at radius 3 is 2.33 bits per heavy atom. The minimum absolute atomic E-state index is 0.299. The lowest BCUT2D eigenvalue weighted by atomic mass is 9.90. The summed E-state index contributed by atoms with van der Waals surface area (Å²) in [6.45, 7) is 2.00. The molecule has 0 aromatic heterocycles. The zero-order chi connectivity index (χ0) is 16.8. The second kappa shape index (κ2) is 5.61. The van der Waals surface area contributed by atoms with Gasteiger partial charge in [0.1, 0.15) is 5.92 Å². The summed E-state index contributed by atoms with van der Waals surface area (Å²) in [7, 11) is 0. The molecule has 4 rings (SSSR count). The van der Waals surface area contributed by atoms with Gasteiger partial charge in [-0.25, -0.2) is 5.06 Å². The Balaban J connectivity index is 1.79. The Hall–Kier alpha value is -2.37. The molecule has 2 aliphatic heterocycles. The van der Waals surface area contributed by atoms with Crippen LogP contribution < -0.4 is 10.4 Å². The molecule has 0 spiro atoms. The van der Waals surface area contributed by atoms with Gasteiger partial charge in [0, 0.05) is 5.02 Å². The molecular weight excluding hydrogens is 328 g/mol. The van der Waals surface area contributed by atoms with Crippen molar-refractivity contribution < 1.29 is 14.4 Å². The molecule has 2 saturated heterocycles. The molecule has 122 valence electrons. The number of rotatable bonds is 2. The third kappa shape index (κ3) is 2.37. The summed E-state index contributed by atoms with van der Waals surface area (Å²) < 4.78 is 0. The number of nitrogens with zero attached hydrogens (tertiary/aromatic N) is 1. The van der Waals surface area contributed by atoms with Crippen molar-refractivity contribution in [2.45, 2.75) is 19.1 Å². The van der Waals surface area contributed by atoms with E-state index in [1.807, 2.05) is 43.3 Å². The topological polar surface area (TPSA) is 58.6 Å². The first-order chi connectivity index (χ1) is 11.5. The van der Waals surface area contributed by atoms with E-state index in [9.17, 15) is 9.59 Å². The smallest absolute Gasteiger partial charge is 0.259 e. The Labute approximate surface area is 144 Å². The summed E-state index contributed by atoms with van der Waals surface area (Å²) >= 11 is 5.95. The summed E-state index contributed by atoms with van der Waals surface area (Å²) in [5.41, 5.74) is 2.80. The minimum atomic E-state index is -0.806. The van der Waals surface area contributed by atoms with Crippen LogP contribution in [0.25, 0.3) is 0 Å². The van der Waals surface area contributed by atoms with Crippen LogP contribution in [0.5, 0.6) is 0 Å². The highest BCUT2D eigenvalue weighted by Gasteiger charge is 2.56. The fraction of sp³-hybridized carbons (Fsp3) is 0.222. The minimum Gasteiger partial charge on any atom is -0.294 e. The van der Waals surface area contributed by atoms with Crippen LogP contribution in [0.1, 0.15) is 17.2 Å². The van der Waals surface area contributed by atoms with Gasteiger partial charge in [-0.3, -0.25) is 19.7 Å². The standard InChI is InChI=1S/C18H15ClN2O3/c1-10-2-4-11(5-3-10)15-14-16(18(23)20-17(14)22)24-21(15)13-8-6-12(19)7-9-13/h2-9,14-16H,1H3,(H,20,22,23)/t14-,15-,16+/m0/s1. The van der Waals surface area contributed by atoms with E-state index in [2.05, 4.69) is 5.32 Å². The van der Waals surface area contributed by atoms with E-state index < -0.39 is 17.9 Å². The van der Waals surface area contributed by atoms with Gasteiger partial charge < -0.3 is 0 Å². The monoisotopic (exact) mass is 342 g/mol. The largest absolute Gasteiger partial charge is 0.294 e. The van der Waals surface area contributed by atoms with Crippen molar-refractivity contribution in [2.75, 3.05) is 5.06 Å². The fourth-order valence-corrected chi connectivity index (χ4v) is 3.37. The van der Waals surface area contributed by atoms with Crippen LogP contribution in [0.4, 0.5) is 5.69 Å². The van der Waals surface area contributed by atoms with Crippen LogP contribution in [-0.2, 0) is 14.4 Å². The zero-order valence-electron chi connectivity index (χ0n) is 12.9. The van der Waals surface area contributed by atoms with Gasteiger partial charge in [0.25, 0.3) is 5.91 Å².